The molecule has 11 rings (SSSR count). The van der Waals surface area contributed by atoms with Crippen molar-refractivity contribution in [3.63, 3.8) is 0 Å². The second kappa shape index (κ2) is 12.1. The fraction of sp³-hybridized carbons (Fsp3) is 0. The standard InChI is InChI=1S/C49H29N3O2/c1-2-14-30(15-3-1)40-29-41(34-19-5-4-18-33(34)35-24-13-27-44-45(35)38-22-8-10-25-42(38)53-44)51-49(50-40)32-17-12-16-31(28-32)46-36-20-6-7-21-37(36)48-47(52-46)39-23-9-11-26-43(39)54-48/h1-29H. The minimum absolute atomic E-state index is 0.633. The summed E-state index contributed by atoms with van der Waals surface area (Å²) in [7, 11) is 0. The number of hydrogen-bond acceptors (Lipinski definition) is 5. The lowest BCUT2D eigenvalue weighted by Gasteiger charge is -2.14. The Morgan fingerprint density at radius 3 is 1.80 bits per heavy atom. The summed E-state index contributed by atoms with van der Waals surface area (Å²) in [5.41, 5.74) is 12.8. The molecule has 54 heavy (non-hydrogen) atoms. The molecule has 5 heteroatoms. The molecule has 0 saturated carbocycles. The van der Waals surface area contributed by atoms with Crippen LogP contribution in [0.5, 0.6) is 0 Å². The average Bonchev–Trinajstić information content (AvgIpc) is 3.82. The molecule has 252 valence electrons. The molecule has 0 aliphatic rings. The van der Waals surface area contributed by atoms with E-state index in [4.69, 9.17) is 23.8 Å². The number of nitrogens with zero attached hydrogens (tertiary/aromatic N) is 3. The van der Waals surface area contributed by atoms with Gasteiger partial charge in [0, 0.05) is 49.2 Å². The summed E-state index contributed by atoms with van der Waals surface area (Å²) in [6.45, 7) is 0. The first-order chi connectivity index (χ1) is 26.8. The number of benzene rings is 7. The van der Waals surface area contributed by atoms with Gasteiger partial charge in [-0.2, -0.15) is 0 Å². The van der Waals surface area contributed by atoms with E-state index in [0.717, 1.165) is 105 Å². The van der Waals surface area contributed by atoms with E-state index >= 15 is 0 Å². The zero-order valence-corrected chi connectivity index (χ0v) is 28.9. The first kappa shape index (κ1) is 30.3. The lowest BCUT2D eigenvalue weighted by molar-refractivity contribution is 0.669. The van der Waals surface area contributed by atoms with Gasteiger partial charge in [-0.1, -0.05) is 140 Å². The van der Waals surface area contributed by atoms with Gasteiger partial charge in [0.15, 0.2) is 11.4 Å². The van der Waals surface area contributed by atoms with Crippen molar-refractivity contribution in [2.75, 3.05) is 0 Å². The molecule has 0 fully saturated rings. The van der Waals surface area contributed by atoms with Crippen LogP contribution in [-0.4, -0.2) is 15.0 Å². The summed E-state index contributed by atoms with van der Waals surface area (Å²) in [5.74, 6) is 0.633. The zero-order chi connectivity index (χ0) is 35.6. The third kappa shape index (κ3) is 4.83. The molecule has 4 heterocycles. The molecule has 0 N–H and O–H groups in total. The topological polar surface area (TPSA) is 65.0 Å². The maximum absolute atomic E-state index is 6.35. The molecule has 4 aromatic heterocycles. The van der Waals surface area contributed by atoms with E-state index in [1.165, 1.54) is 0 Å². The summed E-state index contributed by atoms with van der Waals surface area (Å²) in [4.78, 5) is 15.8. The van der Waals surface area contributed by atoms with Crippen molar-refractivity contribution in [2.24, 2.45) is 0 Å². The minimum Gasteiger partial charge on any atom is -0.456 e. The van der Waals surface area contributed by atoms with Crippen LogP contribution in [0.1, 0.15) is 0 Å². The van der Waals surface area contributed by atoms with E-state index in [9.17, 15) is 0 Å². The van der Waals surface area contributed by atoms with Gasteiger partial charge in [-0.25, -0.2) is 15.0 Å². The molecule has 0 amide bonds. The highest BCUT2D eigenvalue weighted by atomic mass is 16.3. The quantitative estimate of drug-likeness (QED) is 0.180. The first-order valence-corrected chi connectivity index (χ1v) is 18.0. The zero-order valence-electron chi connectivity index (χ0n) is 28.9. The predicted octanol–water partition coefficient (Wildman–Crippen LogP) is 13.2. The number of rotatable bonds is 5. The maximum atomic E-state index is 6.35. The van der Waals surface area contributed by atoms with E-state index in [1.54, 1.807) is 0 Å². The number of pyridine rings is 1. The molecule has 5 nitrogen and oxygen atoms in total. The van der Waals surface area contributed by atoms with Crippen LogP contribution in [-0.2, 0) is 0 Å². The second-order valence-corrected chi connectivity index (χ2v) is 13.5. The van der Waals surface area contributed by atoms with Crippen molar-refractivity contribution < 1.29 is 8.83 Å². The molecule has 0 aliphatic heterocycles. The Hall–Kier alpha value is -7.37. The average molecular weight is 692 g/mol. The number of hydrogen-bond donors (Lipinski definition) is 0. The third-order valence-corrected chi connectivity index (χ3v) is 10.3. The van der Waals surface area contributed by atoms with Gasteiger partial charge in [-0.3, -0.25) is 0 Å². The third-order valence-electron chi connectivity index (χ3n) is 10.3. The Morgan fingerprint density at radius 1 is 0.352 bits per heavy atom. The van der Waals surface area contributed by atoms with Gasteiger partial charge < -0.3 is 8.83 Å². The van der Waals surface area contributed by atoms with Crippen molar-refractivity contribution in [3.05, 3.63) is 176 Å². The van der Waals surface area contributed by atoms with Gasteiger partial charge >= 0.3 is 0 Å². The van der Waals surface area contributed by atoms with Crippen molar-refractivity contribution in [2.45, 2.75) is 0 Å². The van der Waals surface area contributed by atoms with Gasteiger partial charge in [0.2, 0.25) is 0 Å². The van der Waals surface area contributed by atoms with Gasteiger partial charge in [-0.05, 0) is 47.5 Å². The molecule has 0 atom stereocenters. The van der Waals surface area contributed by atoms with Crippen LogP contribution in [0.25, 0.3) is 111 Å². The van der Waals surface area contributed by atoms with Gasteiger partial charge in [0.1, 0.15) is 22.3 Å². The van der Waals surface area contributed by atoms with E-state index in [0.29, 0.717) is 5.82 Å². The maximum Gasteiger partial charge on any atom is 0.161 e. The highest BCUT2D eigenvalue weighted by Gasteiger charge is 2.20. The first-order valence-electron chi connectivity index (χ1n) is 18.0. The Morgan fingerprint density at radius 2 is 0.944 bits per heavy atom. The molecule has 11 aromatic rings. The van der Waals surface area contributed by atoms with Crippen molar-refractivity contribution in [1.29, 1.82) is 0 Å². The Bertz CT molecular complexity index is 3230. The van der Waals surface area contributed by atoms with Crippen LogP contribution in [0, 0.1) is 0 Å². The SMILES string of the molecule is c1ccc(-c2cc(-c3ccccc3-c3cccc4oc5ccccc5c34)nc(-c3cccc(-c4nc5c6ccccc6oc5c5ccccc45)c3)n2)cc1. The molecule has 7 aromatic carbocycles. The van der Waals surface area contributed by atoms with E-state index in [1.807, 2.05) is 60.7 Å². The van der Waals surface area contributed by atoms with Crippen molar-refractivity contribution in [1.82, 2.24) is 15.0 Å². The summed E-state index contributed by atoms with van der Waals surface area (Å²) in [6, 6.07) is 60.2. The lowest BCUT2D eigenvalue weighted by Crippen LogP contribution is -1.97. The molecule has 0 aliphatic carbocycles. The molecule has 0 radical (unpaired) electrons. The van der Waals surface area contributed by atoms with Crippen LogP contribution >= 0.6 is 0 Å². The normalized spacial score (nSPS) is 11.7. The Kier molecular flexibility index (Phi) is 6.79. The van der Waals surface area contributed by atoms with Gasteiger partial charge in [0.25, 0.3) is 0 Å². The minimum atomic E-state index is 0.633. The summed E-state index contributed by atoms with van der Waals surface area (Å²) >= 11 is 0. The lowest BCUT2D eigenvalue weighted by atomic mass is 9.93. The highest BCUT2D eigenvalue weighted by Crippen LogP contribution is 2.42. The van der Waals surface area contributed by atoms with E-state index in [-0.39, 0.29) is 0 Å². The largest absolute Gasteiger partial charge is 0.456 e. The molecule has 0 unspecified atom stereocenters. The Balaban J connectivity index is 1.12. The van der Waals surface area contributed by atoms with Crippen LogP contribution in [0.2, 0.25) is 0 Å². The van der Waals surface area contributed by atoms with Crippen LogP contribution in [0.15, 0.2) is 185 Å². The van der Waals surface area contributed by atoms with Gasteiger partial charge in [0.05, 0.1) is 17.1 Å². The number of aromatic nitrogens is 3. The predicted molar refractivity (Wildman–Crippen MR) is 219 cm³/mol. The summed E-state index contributed by atoms with van der Waals surface area (Å²) < 4.78 is 12.6. The molecular weight excluding hydrogens is 663 g/mol. The fourth-order valence-electron chi connectivity index (χ4n) is 7.82. The van der Waals surface area contributed by atoms with Gasteiger partial charge in [-0.15, -0.1) is 0 Å². The van der Waals surface area contributed by atoms with E-state index in [2.05, 4.69) is 115 Å². The number of fused-ring (bicyclic) bond motifs is 8. The summed E-state index contributed by atoms with van der Waals surface area (Å²) in [6.07, 6.45) is 0. The van der Waals surface area contributed by atoms with Crippen LogP contribution in [0.4, 0.5) is 0 Å². The smallest absolute Gasteiger partial charge is 0.161 e. The molecule has 0 spiro atoms. The Labute approximate surface area is 309 Å². The van der Waals surface area contributed by atoms with Crippen molar-refractivity contribution in [3.8, 4) is 56.3 Å². The number of para-hydroxylation sites is 2. The van der Waals surface area contributed by atoms with Crippen molar-refractivity contribution >= 4 is 54.8 Å². The molecular formula is C49H29N3O2. The van der Waals surface area contributed by atoms with Crippen LogP contribution < -0.4 is 0 Å². The highest BCUT2D eigenvalue weighted by molar-refractivity contribution is 6.16. The fourth-order valence-corrected chi connectivity index (χ4v) is 7.82. The number of furan rings is 2. The van der Waals surface area contributed by atoms with Crippen LogP contribution in [0.3, 0.4) is 0 Å². The second-order valence-electron chi connectivity index (χ2n) is 13.5. The molecule has 0 bridgehead atoms. The monoisotopic (exact) mass is 691 g/mol. The molecule has 0 saturated heterocycles. The van der Waals surface area contributed by atoms with E-state index < -0.39 is 0 Å². The summed E-state index contributed by atoms with van der Waals surface area (Å²) in [5, 5.41) is 5.23.